The molecule has 2 fully saturated rings. The van der Waals surface area contributed by atoms with Crippen LogP contribution in [0.3, 0.4) is 0 Å². The summed E-state index contributed by atoms with van der Waals surface area (Å²) in [4.78, 5) is 4.53. The van der Waals surface area contributed by atoms with Crippen molar-refractivity contribution in [2.24, 2.45) is 11.7 Å². The number of hydrogen-bond donors (Lipinski definition) is 1. The van der Waals surface area contributed by atoms with Gasteiger partial charge in [0.05, 0.1) is 5.25 Å². The van der Waals surface area contributed by atoms with Gasteiger partial charge in [-0.1, -0.05) is 18.0 Å². The molecule has 4 nitrogen and oxygen atoms in total. The quantitative estimate of drug-likeness (QED) is 0.908. The third-order valence-electron chi connectivity index (χ3n) is 4.12. The molecule has 2 heterocycles. The molecule has 2 atom stereocenters. The molecule has 1 aliphatic carbocycles. The molecule has 0 spiro atoms. The van der Waals surface area contributed by atoms with Gasteiger partial charge >= 0.3 is 0 Å². The van der Waals surface area contributed by atoms with E-state index in [2.05, 4.69) is 10.1 Å². The van der Waals surface area contributed by atoms with Gasteiger partial charge in [0.1, 0.15) is 0 Å². The standard InChI is InChI=1S/C13H21N3OS/c14-10(9-4-1-2-5-9)8-12-15-13(16-17-12)11-6-3-7-18-11/h9-11H,1-8,14H2. The number of thioether (sulfide) groups is 1. The maximum absolute atomic E-state index is 6.24. The van der Waals surface area contributed by atoms with Crippen LogP contribution in [0.15, 0.2) is 4.52 Å². The summed E-state index contributed by atoms with van der Waals surface area (Å²) in [5.74, 6) is 3.49. The van der Waals surface area contributed by atoms with Crippen molar-refractivity contribution in [3.63, 3.8) is 0 Å². The van der Waals surface area contributed by atoms with E-state index in [-0.39, 0.29) is 6.04 Å². The summed E-state index contributed by atoms with van der Waals surface area (Å²) in [7, 11) is 0. The predicted octanol–water partition coefficient (Wildman–Crippen LogP) is 2.70. The zero-order valence-electron chi connectivity index (χ0n) is 10.7. The van der Waals surface area contributed by atoms with Crippen LogP contribution in [0.1, 0.15) is 55.5 Å². The third-order valence-corrected chi connectivity index (χ3v) is 5.49. The van der Waals surface area contributed by atoms with Gasteiger partial charge in [-0.3, -0.25) is 0 Å². The Morgan fingerprint density at radius 3 is 2.83 bits per heavy atom. The molecule has 2 aliphatic rings. The van der Waals surface area contributed by atoms with E-state index in [4.69, 9.17) is 10.3 Å². The highest BCUT2D eigenvalue weighted by atomic mass is 32.2. The second-order valence-electron chi connectivity index (χ2n) is 5.46. The van der Waals surface area contributed by atoms with E-state index in [1.54, 1.807) is 0 Å². The summed E-state index contributed by atoms with van der Waals surface area (Å²) >= 11 is 1.94. The Kier molecular flexibility index (Phi) is 3.89. The molecule has 18 heavy (non-hydrogen) atoms. The number of hydrogen-bond acceptors (Lipinski definition) is 5. The monoisotopic (exact) mass is 267 g/mol. The smallest absolute Gasteiger partial charge is 0.228 e. The minimum Gasteiger partial charge on any atom is -0.339 e. The van der Waals surface area contributed by atoms with Crippen molar-refractivity contribution >= 4 is 11.8 Å². The van der Waals surface area contributed by atoms with Gasteiger partial charge in [-0.05, 0) is 37.4 Å². The maximum Gasteiger partial charge on any atom is 0.228 e. The number of nitrogens with zero attached hydrogens (tertiary/aromatic N) is 2. The average Bonchev–Trinajstić information content (AvgIpc) is 3.12. The second-order valence-corrected chi connectivity index (χ2v) is 6.77. The number of aromatic nitrogens is 2. The SMILES string of the molecule is NC(Cc1nc(C2CCCS2)no1)C1CCCC1. The van der Waals surface area contributed by atoms with Crippen molar-refractivity contribution < 1.29 is 4.52 Å². The van der Waals surface area contributed by atoms with Crippen LogP contribution in [0.25, 0.3) is 0 Å². The van der Waals surface area contributed by atoms with E-state index in [1.807, 2.05) is 11.8 Å². The largest absolute Gasteiger partial charge is 0.339 e. The van der Waals surface area contributed by atoms with Crippen LogP contribution < -0.4 is 5.73 Å². The lowest BCUT2D eigenvalue weighted by Crippen LogP contribution is -2.30. The average molecular weight is 267 g/mol. The highest BCUT2D eigenvalue weighted by molar-refractivity contribution is 7.99. The first-order chi connectivity index (χ1) is 8.83. The van der Waals surface area contributed by atoms with E-state index in [0.29, 0.717) is 11.2 Å². The van der Waals surface area contributed by atoms with Gasteiger partial charge in [0.2, 0.25) is 5.89 Å². The Hall–Kier alpha value is -0.550. The molecular formula is C13H21N3OS. The molecule has 5 heteroatoms. The molecule has 2 unspecified atom stereocenters. The summed E-state index contributed by atoms with van der Waals surface area (Å²) < 4.78 is 5.35. The van der Waals surface area contributed by atoms with Crippen molar-refractivity contribution in [2.45, 2.75) is 56.2 Å². The Bertz CT molecular complexity index is 383. The first-order valence-electron chi connectivity index (χ1n) is 7.02. The van der Waals surface area contributed by atoms with Gasteiger partial charge in [-0.25, -0.2) is 0 Å². The van der Waals surface area contributed by atoms with E-state index >= 15 is 0 Å². The summed E-state index contributed by atoms with van der Waals surface area (Å²) in [5, 5.41) is 4.56. The van der Waals surface area contributed by atoms with Crippen molar-refractivity contribution in [2.75, 3.05) is 5.75 Å². The van der Waals surface area contributed by atoms with Gasteiger partial charge in [0.25, 0.3) is 0 Å². The molecule has 0 bridgehead atoms. The van der Waals surface area contributed by atoms with Crippen LogP contribution in [-0.4, -0.2) is 21.9 Å². The van der Waals surface area contributed by atoms with Crippen molar-refractivity contribution in [1.82, 2.24) is 10.1 Å². The van der Waals surface area contributed by atoms with Crippen LogP contribution in [0.2, 0.25) is 0 Å². The Morgan fingerprint density at radius 1 is 1.28 bits per heavy atom. The molecule has 0 aromatic carbocycles. The highest BCUT2D eigenvalue weighted by Gasteiger charge is 2.26. The molecule has 2 N–H and O–H groups in total. The van der Waals surface area contributed by atoms with Crippen molar-refractivity contribution in [3.8, 4) is 0 Å². The van der Waals surface area contributed by atoms with Crippen LogP contribution >= 0.6 is 11.8 Å². The summed E-state index contributed by atoms with van der Waals surface area (Å²) in [5.41, 5.74) is 6.24. The zero-order valence-corrected chi connectivity index (χ0v) is 11.5. The zero-order chi connectivity index (χ0) is 12.4. The third kappa shape index (κ3) is 2.72. The van der Waals surface area contributed by atoms with E-state index < -0.39 is 0 Å². The lowest BCUT2D eigenvalue weighted by molar-refractivity contribution is 0.338. The first kappa shape index (κ1) is 12.5. The summed E-state index contributed by atoms with van der Waals surface area (Å²) in [6.45, 7) is 0. The molecule has 3 rings (SSSR count). The molecular weight excluding hydrogens is 246 g/mol. The van der Waals surface area contributed by atoms with Gasteiger partial charge in [-0.2, -0.15) is 16.7 Å². The molecule has 0 radical (unpaired) electrons. The Labute approximate surface area is 112 Å². The molecule has 1 aromatic rings. The van der Waals surface area contributed by atoms with Crippen LogP contribution in [0, 0.1) is 5.92 Å². The number of rotatable bonds is 4. The maximum atomic E-state index is 6.24. The van der Waals surface area contributed by atoms with E-state index in [9.17, 15) is 0 Å². The van der Waals surface area contributed by atoms with Crippen LogP contribution in [0.5, 0.6) is 0 Å². The summed E-state index contributed by atoms with van der Waals surface area (Å²) in [6, 6.07) is 0.192. The molecule has 1 aromatic heterocycles. The van der Waals surface area contributed by atoms with E-state index in [1.165, 1.54) is 44.3 Å². The van der Waals surface area contributed by atoms with Crippen LogP contribution in [-0.2, 0) is 6.42 Å². The highest BCUT2D eigenvalue weighted by Crippen LogP contribution is 2.38. The van der Waals surface area contributed by atoms with Gasteiger partial charge in [0.15, 0.2) is 5.82 Å². The lowest BCUT2D eigenvalue weighted by atomic mass is 9.96. The molecule has 1 aliphatic heterocycles. The molecule has 0 amide bonds. The molecule has 1 saturated heterocycles. The topological polar surface area (TPSA) is 64.9 Å². The fourth-order valence-corrected chi connectivity index (χ4v) is 4.21. The fourth-order valence-electron chi connectivity index (χ4n) is 3.02. The minimum absolute atomic E-state index is 0.192. The van der Waals surface area contributed by atoms with Crippen molar-refractivity contribution in [3.05, 3.63) is 11.7 Å². The van der Waals surface area contributed by atoms with Gasteiger partial charge in [-0.15, -0.1) is 0 Å². The predicted molar refractivity (Wildman–Crippen MR) is 72.4 cm³/mol. The molecule has 1 saturated carbocycles. The minimum atomic E-state index is 0.192. The lowest BCUT2D eigenvalue weighted by Gasteiger charge is -2.16. The second kappa shape index (κ2) is 5.61. The Balaban J connectivity index is 1.58. The van der Waals surface area contributed by atoms with Gasteiger partial charge in [0, 0.05) is 12.5 Å². The molecule has 100 valence electrons. The van der Waals surface area contributed by atoms with E-state index in [0.717, 1.165) is 18.1 Å². The van der Waals surface area contributed by atoms with Crippen molar-refractivity contribution in [1.29, 1.82) is 0 Å². The number of nitrogens with two attached hydrogens (primary N) is 1. The fraction of sp³-hybridized carbons (Fsp3) is 0.846. The normalized spacial score (nSPS) is 26.8. The first-order valence-corrected chi connectivity index (χ1v) is 8.07. The van der Waals surface area contributed by atoms with Crippen LogP contribution in [0.4, 0.5) is 0 Å². The Morgan fingerprint density at radius 2 is 2.11 bits per heavy atom. The summed E-state index contributed by atoms with van der Waals surface area (Å²) in [6.07, 6.45) is 8.37. The van der Waals surface area contributed by atoms with Gasteiger partial charge < -0.3 is 10.3 Å².